The Balaban J connectivity index is 1.73. The minimum atomic E-state index is -4.37. The lowest BCUT2D eigenvalue weighted by Gasteiger charge is -2.33. The van der Waals surface area contributed by atoms with Crippen molar-refractivity contribution in [2.45, 2.75) is 25.2 Å². The summed E-state index contributed by atoms with van der Waals surface area (Å²) in [6, 6.07) is 7.15. The fourth-order valence-electron chi connectivity index (χ4n) is 2.29. The van der Waals surface area contributed by atoms with E-state index in [-0.39, 0.29) is 32.0 Å². The van der Waals surface area contributed by atoms with Gasteiger partial charge in [-0.3, -0.25) is 9.69 Å². The summed E-state index contributed by atoms with van der Waals surface area (Å²) < 4.78 is 42.6. The average molecular weight is 351 g/mol. The average Bonchev–Trinajstić information content (AvgIpc) is 2.51. The van der Waals surface area contributed by atoms with Crippen LogP contribution in [0.3, 0.4) is 0 Å². The third-order valence-corrected chi connectivity index (χ3v) is 3.97. The minimum absolute atomic E-state index is 0.0193. The van der Waals surface area contributed by atoms with Gasteiger partial charge in [-0.05, 0) is 11.6 Å². The predicted octanol–water partition coefficient (Wildman–Crippen LogP) is 2.61. The number of alkyl halides is 3. The fraction of sp³-hybridized carbons (Fsp3) is 0.533. The summed E-state index contributed by atoms with van der Waals surface area (Å²) in [6.07, 6.45) is -6.01. The molecule has 1 aromatic rings. The van der Waals surface area contributed by atoms with Crippen LogP contribution < -0.4 is 5.32 Å². The Labute approximate surface area is 137 Å². The highest BCUT2D eigenvalue weighted by atomic mass is 35.5. The van der Waals surface area contributed by atoms with Gasteiger partial charge in [-0.15, -0.1) is 0 Å². The third-order valence-electron chi connectivity index (χ3n) is 3.60. The molecule has 128 valence electrons. The van der Waals surface area contributed by atoms with Gasteiger partial charge in [0, 0.05) is 37.6 Å². The smallest absolute Gasteiger partial charge is 0.366 e. The molecular formula is C15H18ClF3N2O2. The standard InChI is InChI=1S/C15H18ClF3N2O2/c16-12-4-2-1-3-11(12)9-20-14(22)5-6-21-7-8-23-13(10-21)15(17,18)19/h1-4,13H,5-10H2,(H,20,22)/t13-/m1/s1. The van der Waals surface area contributed by atoms with Crippen molar-refractivity contribution >= 4 is 17.5 Å². The van der Waals surface area contributed by atoms with Crippen LogP contribution in [0.25, 0.3) is 0 Å². The van der Waals surface area contributed by atoms with E-state index in [2.05, 4.69) is 5.32 Å². The second-order valence-corrected chi connectivity index (χ2v) is 5.73. The van der Waals surface area contributed by atoms with E-state index >= 15 is 0 Å². The molecule has 8 heteroatoms. The topological polar surface area (TPSA) is 41.6 Å². The summed E-state index contributed by atoms with van der Waals surface area (Å²) in [5, 5.41) is 3.28. The highest BCUT2D eigenvalue weighted by Crippen LogP contribution is 2.25. The molecule has 1 amide bonds. The van der Waals surface area contributed by atoms with Crippen LogP contribution in [0.15, 0.2) is 24.3 Å². The van der Waals surface area contributed by atoms with Crippen molar-refractivity contribution in [3.63, 3.8) is 0 Å². The molecule has 1 atom stereocenters. The number of carbonyl (C=O) groups excluding carboxylic acids is 1. The number of halogens is 4. The lowest BCUT2D eigenvalue weighted by molar-refractivity contribution is -0.237. The van der Waals surface area contributed by atoms with Crippen LogP contribution >= 0.6 is 11.6 Å². The molecule has 1 aliphatic heterocycles. The zero-order valence-electron chi connectivity index (χ0n) is 12.4. The number of hydrogen-bond acceptors (Lipinski definition) is 3. The van der Waals surface area contributed by atoms with E-state index in [4.69, 9.17) is 16.3 Å². The number of nitrogens with zero attached hydrogens (tertiary/aromatic N) is 1. The molecule has 0 spiro atoms. The Kier molecular flexibility index (Phi) is 6.26. The van der Waals surface area contributed by atoms with Gasteiger partial charge in [-0.1, -0.05) is 29.8 Å². The molecule has 1 N–H and O–H groups in total. The number of nitrogens with one attached hydrogen (secondary N) is 1. The van der Waals surface area contributed by atoms with E-state index in [9.17, 15) is 18.0 Å². The highest BCUT2D eigenvalue weighted by molar-refractivity contribution is 6.31. The Bertz CT molecular complexity index is 540. The maximum Gasteiger partial charge on any atom is 0.415 e. The summed E-state index contributed by atoms with van der Waals surface area (Å²) >= 11 is 5.99. The first-order chi connectivity index (χ1) is 10.9. The molecule has 0 bridgehead atoms. The minimum Gasteiger partial charge on any atom is -0.366 e. The van der Waals surface area contributed by atoms with Crippen molar-refractivity contribution in [3.8, 4) is 0 Å². The quantitative estimate of drug-likeness (QED) is 0.887. The monoisotopic (exact) mass is 350 g/mol. The zero-order valence-corrected chi connectivity index (χ0v) is 13.2. The maximum atomic E-state index is 12.6. The molecule has 1 aromatic carbocycles. The fourth-order valence-corrected chi connectivity index (χ4v) is 2.49. The van der Waals surface area contributed by atoms with Gasteiger partial charge in [0.05, 0.1) is 6.61 Å². The number of amides is 1. The van der Waals surface area contributed by atoms with Crippen molar-refractivity contribution < 1.29 is 22.7 Å². The molecule has 2 rings (SSSR count). The van der Waals surface area contributed by atoms with Crippen LogP contribution in [0.5, 0.6) is 0 Å². The van der Waals surface area contributed by atoms with E-state index in [1.165, 1.54) is 0 Å². The number of ether oxygens (including phenoxy) is 1. The number of rotatable bonds is 5. The van der Waals surface area contributed by atoms with Gasteiger partial charge >= 0.3 is 6.18 Å². The summed E-state index contributed by atoms with van der Waals surface area (Å²) in [5.74, 6) is -0.222. The molecule has 0 aliphatic carbocycles. The Morgan fingerprint density at radius 1 is 1.39 bits per heavy atom. The first-order valence-corrected chi connectivity index (χ1v) is 7.65. The Morgan fingerprint density at radius 2 is 2.13 bits per heavy atom. The molecule has 23 heavy (non-hydrogen) atoms. The van der Waals surface area contributed by atoms with E-state index in [1.54, 1.807) is 23.1 Å². The summed E-state index contributed by atoms with van der Waals surface area (Å²) in [5.41, 5.74) is 0.797. The van der Waals surface area contributed by atoms with E-state index in [1.807, 2.05) is 6.07 Å². The van der Waals surface area contributed by atoms with Crippen LogP contribution in [0.1, 0.15) is 12.0 Å². The first kappa shape index (κ1) is 18.0. The zero-order chi connectivity index (χ0) is 16.9. The molecule has 0 saturated carbocycles. The second kappa shape index (κ2) is 7.99. The maximum absolute atomic E-state index is 12.6. The molecule has 0 aromatic heterocycles. The van der Waals surface area contributed by atoms with Crippen LogP contribution in [0, 0.1) is 0 Å². The predicted molar refractivity (Wildman–Crippen MR) is 80.2 cm³/mol. The molecule has 1 fully saturated rings. The molecule has 1 saturated heterocycles. The lowest BCUT2D eigenvalue weighted by atomic mass is 10.2. The van der Waals surface area contributed by atoms with Crippen LogP contribution in [-0.4, -0.2) is 49.3 Å². The molecule has 4 nitrogen and oxygen atoms in total. The molecule has 1 aliphatic rings. The van der Waals surface area contributed by atoms with E-state index in [0.29, 0.717) is 18.1 Å². The largest absolute Gasteiger partial charge is 0.415 e. The Morgan fingerprint density at radius 3 is 2.83 bits per heavy atom. The summed E-state index contributed by atoms with van der Waals surface area (Å²) in [6.45, 7) is 0.744. The molecule has 0 radical (unpaired) electrons. The normalized spacial score (nSPS) is 19.6. The highest BCUT2D eigenvalue weighted by Gasteiger charge is 2.43. The second-order valence-electron chi connectivity index (χ2n) is 5.32. The van der Waals surface area contributed by atoms with Crippen LogP contribution in [-0.2, 0) is 16.1 Å². The molecular weight excluding hydrogens is 333 g/mol. The number of hydrogen-bond donors (Lipinski definition) is 1. The van der Waals surface area contributed by atoms with Crippen molar-refractivity contribution in [2.24, 2.45) is 0 Å². The SMILES string of the molecule is O=C(CCN1CCO[C@@H](C(F)(F)F)C1)NCc1ccccc1Cl. The van der Waals surface area contributed by atoms with Crippen molar-refractivity contribution in [1.82, 2.24) is 10.2 Å². The summed E-state index contributed by atoms with van der Waals surface area (Å²) in [7, 11) is 0. The van der Waals surface area contributed by atoms with Crippen LogP contribution in [0.4, 0.5) is 13.2 Å². The molecule has 1 heterocycles. The van der Waals surface area contributed by atoms with E-state index in [0.717, 1.165) is 5.56 Å². The Hall–Kier alpha value is -1.31. The van der Waals surface area contributed by atoms with Gasteiger partial charge in [-0.2, -0.15) is 13.2 Å². The van der Waals surface area contributed by atoms with Gasteiger partial charge in [0.25, 0.3) is 0 Å². The van der Waals surface area contributed by atoms with Gasteiger partial charge in [0.2, 0.25) is 5.91 Å². The first-order valence-electron chi connectivity index (χ1n) is 7.27. The van der Waals surface area contributed by atoms with E-state index < -0.39 is 12.3 Å². The summed E-state index contributed by atoms with van der Waals surface area (Å²) in [4.78, 5) is 13.4. The number of benzene rings is 1. The van der Waals surface area contributed by atoms with Gasteiger partial charge < -0.3 is 10.1 Å². The lowest BCUT2D eigenvalue weighted by Crippen LogP contribution is -2.49. The third kappa shape index (κ3) is 5.67. The van der Waals surface area contributed by atoms with Crippen molar-refractivity contribution in [3.05, 3.63) is 34.9 Å². The van der Waals surface area contributed by atoms with Crippen molar-refractivity contribution in [2.75, 3.05) is 26.2 Å². The number of morpholine rings is 1. The van der Waals surface area contributed by atoms with Gasteiger partial charge in [0.15, 0.2) is 6.10 Å². The van der Waals surface area contributed by atoms with Gasteiger partial charge in [0.1, 0.15) is 0 Å². The van der Waals surface area contributed by atoms with Crippen LogP contribution in [0.2, 0.25) is 5.02 Å². The number of carbonyl (C=O) groups is 1. The van der Waals surface area contributed by atoms with Gasteiger partial charge in [-0.25, -0.2) is 0 Å². The molecule has 0 unspecified atom stereocenters. The van der Waals surface area contributed by atoms with Crippen molar-refractivity contribution in [1.29, 1.82) is 0 Å².